The molecule has 1 unspecified atom stereocenters. The second-order valence-electron chi connectivity index (χ2n) is 3.14. The summed E-state index contributed by atoms with van der Waals surface area (Å²) in [5.41, 5.74) is 1.40. The summed E-state index contributed by atoms with van der Waals surface area (Å²) in [5, 5.41) is 19.7. The second kappa shape index (κ2) is 2.78. The Balaban J connectivity index is 2.68. The Kier molecular flexibility index (Phi) is 1.74. The van der Waals surface area contributed by atoms with Crippen molar-refractivity contribution in [1.82, 2.24) is 4.98 Å². The lowest BCUT2D eigenvalue weighted by Crippen LogP contribution is -1.89. The molecule has 2 aromatic rings. The van der Waals surface area contributed by atoms with Gasteiger partial charge in [-0.2, -0.15) is 0 Å². The Bertz CT molecular complexity index is 431. The first kappa shape index (κ1) is 8.13. The quantitative estimate of drug-likeness (QED) is 0.623. The van der Waals surface area contributed by atoms with Crippen molar-refractivity contribution in [2.24, 2.45) is 0 Å². The predicted molar refractivity (Wildman–Crippen MR) is 50.6 cm³/mol. The Hall–Kier alpha value is -1.48. The molecule has 3 nitrogen and oxygen atoms in total. The number of rotatable bonds is 1. The molecule has 0 radical (unpaired) electrons. The lowest BCUT2D eigenvalue weighted by Gasteiger charge is -1.97. The minimum absolute atomic E-state index is 0.212. The SMILES string of the molecule is CC(O)c1cc2cccc(O)c2[nH]1. The van der Waals surface area contributed by atoms with Gasteiger partial charge in [0.2, 0.25) is 0 Å². The van der Waals surface area contributed by atoms with Crippen molar-refractivity contribution in [1.29, 1.82) is 0 Å². The third kappa shape index (κ3) is 1.27. The first-order chi connectivity index (χ1) is 6.18. The Morgan fingerprint density at radius 3 is 2.77 bits per heavy atom. The van der Waals surface area contributed by atoms with E-state index in [9.17, 15) is 10.2 Å². The van der Waals surface area contributed by atoms with Crippen molar-refractivity contribution in [2.75, 3.05) is 0 Å². The van der Waals surface area contributed by atoms with Crippen LogP contribution >= 0.6 is 0 Å². The number of aliphatic hydroxyl groups is 1. The van der Waals surface area contributed by atoms with Crippen LogP contribution in [0.25, 0.3) is 10.9 Å². The minimum Gasteiger partial charge on any atom is -0.506 e. The molecule has 1 aromatic heterocycles. The first-order valence-corrected chi connectivity index (χ1v) is 4.17. The van der Waals surface area contributed by atoms with Crippen molar-refractivity contribution in [2.45, 2.75) is 13.0 Å². The summed E-state index contributed by atoms with van der Waals surface area (Å²) < 4.78 is 0. The van der Waals surface area contributed by atoms with E-state index in [1.54, 1.807) is 19.1 Å². The highest BCUT2D eigenvalue weighted by molar-refractivity contribution is 5.85. The molecule has 0 saturated carbocycles. The van der Waals surface area contributed by atoms with Gasteiger partial charge in [0.05, 0.1) is 11.6 Å². The van der Waals surface area contributed by atoms with Crippen molar-refractivity contribution < 1.29 is 10.2 Å². The molecule has 1 aromatic carbocycles. The smallest absolute Gasteiger partial charge is 0.139 e. The van der Waals surface area contributed by atoms with Crippen LogP contribution < -0.4 is 0 Å². The zero-order valence-electron chi connectivity index (χ0n) is 7.28. The number of H-pyrrole nitrogens is 1. The van der Waals surface area contributed by atoms with Gasteiger partial charge in [-0.05, 0) is 19.1 Å². The highest BCUT2D eigenvalue weighted by atomic mass is 16.3. The molecule has 0 bridgehead atoms. The van der Waals surface area contributed by atoms with E-state index in [1.165, 1.54) is 0 Å². The fraction of sp³-hybridized carbons (Fsp3) is 0.200. The summed E-state index contributed by atoms with van der Waals surface area (Å²) in [6.45, 7) is 1.68. The molecule has 0 aliphatic rings. The van der Waals surface area contributed by atoms with Gasteiger partial charge in [0, 0.05) is 11.1 Å². The number of benzene rings is 1. The van der Waals surface area contributed by atoms with Crippen molar-refractivity contribution in [3.63, 3.8) is 0 Å². The number of para-hydroxylation sites is 1. The molecule has 0 amide bonds. The molecule has 3 N–H and O–H groups in total. The van der Waals surface area contributed by atoms with Crippen LogP contribution in [0, 0.1) is 0 Å². The Morgan fingerprint density at radius 1 is 1.38 bits per heavy atom. The summed E-state index contributed by atoms with van der Waals surface area (Å²) in [6, 6.07) is 7.11. The number of aromatic amines is 1. The molecule has 0 saturated heterocycles. The number of fused-ring (bicyclic) bond motifs is 1. The van der Waals surface area contributed by atoms with E-state index in [0.717, 1.165) is 11.1 Å². The van der Waals surface area contributed by atoms with Gasteiger partial charge < -0.3 is 15.2 Å². The van der Waals surface area contributed by atoms with Crippen LogP contribution in [0.2, 0.25) is 0 Å². The maximum atomic E-state index is 9.45. The van der Waals surface area contributed by atoms with Crippen molar-refractivity contribution in [3.8, 4) is 5.75 Å². The van der Waals surface area contributed by atoms with E-state index in [1.807, 2.05) is 12.1 Å². The first-order valence-electron chi connectivity index (χ1n) is 4.17. The van der Waals surface area contributed by atoms with Crippen LogP contribution in [0.3, 0.4) is 0 Å². The third-order valence-corrected chi connectivity index (χ3v) is 2.11. The molecule has 0 aliphatic heterocycles. The van der Waals surface area contributed by atoms with Crippen molar-refractivity contribution in [3.05, 3.63) is 30.0 Å². The summed E-state index contributed by atoms with van der Waals surface area (Å²) in [6.07, 6.45) is -0.535. The Morgan fingerprint density at radius 2 is 2.15 bits per heavy atom. The average molecular weight is 177 g/mol. The van der Waals surface area contributed by atoms with Crippen LogP contribution in [0.1, 0.15) is 18.7 Å². The topological polar surface area (TPSA) is 56.2 Å². The molecular formula is C10H11NO2. The number of phenols is 1. The van der Waals surface area contributed by atoms with E-state index in [-0.39, 0.29) is 5.75 Å². The van der Waals surface area contributed by atoms with Gasteiger partial charge in [0.1, 0.15) is 5.75 Å². The molecule has 68 valence electrons. The van der Waals surface area contributed by atoms with Crippen LogP contribution in [-0.2, 0) is 0 Å². The molecule has 0 aliphatic carbocycles. The largest absolute Gasteiger partial charge is 0.506 e. The molecule has 1 heterocycles. The molecule has 0 spiro atoms. The van der Waals surface area contributed by atoms with Crippen LogP contribution in [-0.4, -0.2) is 15.2 Å². The normalized spacial score (nSPS) is 13.4. The van der Waals surface area contributed by atoms with Crippen LogP contribution in [0.4, 0.5) is 0 Å². The van der Waals surface area contributed by atoms with Gasteiger partial charge in [-0.15, -0.1) is 0 Å². The molecule has 0 fully saturated rings. The summed E-state index contributed by atoms with van der Waals surface area (Å²) >= 11 is 0. The molecule has 2 rings (SSSR count). The van der Waals surface area contributed by atoms with E-state index in [0.29, 0.717) is 5.52 Å². The molecular weight excluding hydrogens is 166 g/mol. The van der Waals surface area contributed by atoms with Crippen molar-refractivity contribution >= 4 is 10.9 Å². The van der Waals surface area contributed by atoms with E-state index in [2.05, 4.69) is 4.98 Å². The zero-order chi connectivity index (χ0) is 9.42. The number of hydrogen-bond donors (Lipinski definition) is 3. The number of phenolic OH excluding ortho intramolecular Hbond substituents is 1. The average Bonchev–Trinajstić information content (AvgIpc) is 2.49. The second-order valence-corrected chi connectivity index (χ2v) is 3.14. The van der Waals surface area contributed by atoms with E-state index < -0.39 is 6.10 Å². The standard InChI is InChI=1S/C10H11NO2/c1-6(12)8-5-7-3-2-4-9(13)10(7)11-8/h2-6,11-13H,1H3. The Labute approximate surface area is 75.6 Å². The number of nitrogens with one attached hydrogen (secondary N) is 1. The maximum absolute atomic E-state index is 9.45. The van der Waals surface area contributed by atoms with Gasteiger partial charge in [0.25, 0.3) is 0 Å². The van der Waals surface area contributed by atoms with Gasteiger partial charge in [0.15, 0.2) is 0 Å². The lowest BCUT2D eigenvalue weighted by molar-refractivity contribution is 0.195. The van der Waals surface area contributed by atoms with Gasteiger partial charge in [-0.25, -0.2) is 0 Å². The molecule has 1 atom stereocenters. The molecule has 13 heavy (non-hydrogen) atoms. The highest BCUT2D eigenvalue weighted by Gasteiger charge is 2.07. The highest BCUT2D eigenvalue weighted by Crippen LogP contribution is 2.26. The maximum Gasteiger partial charge on any atom is 0.139 e. The van der Waals surface area contributed by atoms with Gasteiger partial charge in [-0.1, -0.05) is 12.1 Å². The third-order valence-electron chi connectivity index (χ3n) is 2.11. The minimum atomic E-state index is -0.535. The number of aromatic nitrogens is 1. The number of hydrogen-bond acceptors (Lipinski definition) is 2. The lowest BCUT2D eigenvalue weighted by atomic mass is 10.2. The van der Waals surface area contributed by atoms with Gasteiger partial charge in [-0.3, -0.25) is 0 Å². The fourth-order valence-corrected chi connectivity index (χ4v) is 1.39. The fourth-order valence-electron chi connectivity index (χ4n) is 1.39. The van der Waals surface area contributed by atoms with Crippen LogP contribution in [0.5, 0.6) is 5.75 Å². The van der Waals surface area contributed by atoms with E-state index in [4.69, 9.17) is 0 Å². The zero-order valence-corrected chi connectivity index (χ0v) is 7.28. The summed E-state index contributed by atoms with van der Waals surface area (Å²) in [5.74, 6) is 0.212. The van der Waals surface area contributed by atoms with Gasteiger partial charge >= 0.3 is 0 Å². The number of aliphatic hydroxyl groups excluding tert-OH is 1. The molecule has 3 heteroatoms. The summed E-state index contributed by atoms with van der Waals surface area (Å²) in [7, 11) is 0. The monoisotopic (exact) mass is 177 g/mol. The number of aromatic hydroxyl groups is 1. The van der Waals surface area contributed by atoms with E-state index >= 15 is 0 Å². The van der Waals surface area contributed by atoms with Crippen LogP contribution in [0.15, 0.2) is 24.3 Å². The summed E-state index contributed by atoms with van der Waals surface area (Å²) in [4.78, 5) is 2.96. The predicted octanol–water partition coefficient (Wildman–Crippen LogP) is 1.93.